The molecule has 1 aliphatic heterocycles. The molecule has 2 heterocycles. The Balaban J connectivity index is 1.43. The average Bonchev–Trinajstić information content (AvgIpc) is 3.36. The van der Waals surface area contributed by atoms with Crippen molar-refractivity contribution in [3.63, 3.8) is 0 Å². The number of hydrogen-bond donors (Lipinski definition) is 2. The third-order valence-electron chi connectivity index (χ3n) is 5.81. The van der Waals surface area contributed by atoms with Gasteiger partial charge < -0.3 is 20.2 Å². The average molecular weight is 423 g/mol. The maximum absolute atomic E-state index is 10.8. The molecule has 2 N–H and O–H groups in total. The molecule has 2 aromatic carbocycles. The molecular weight excluding hydrogens is 392 g/mol. The topological polar surface area (TPSA) is 51.6 Å². The van der Waals surface area contributed by atoms with E-state index in [-0.39, 0.29) is 0 Å². The predicted molar refractivity (Wildman–Crippen MR) is 126 cm³/mol. The fraction of sp³-hybridized carbons (Fsp3) is 0.375. The molecule has 158 valence electrons. The van der Waals surface area contributed by atoms with E-state index in [0.717, 1.165) is 39.9 Å². The van der Waals surface area contributed by atoms with Crippen molar-refractivity contribution in [3.8, 4) is 10.6 Å². The molecule has 2 atom stereocenters. The smallest absolute Gasteiger partial charge is 0.162 e. The molecule has 0 aliphatic carbocycles. The summed E-state index contributed by atoms with van der Waals surface area (Å²) >= 11 is 1.54. The highest BCUT2D eigenvalue weighted by atomic mass is 32.1. The van der Waals surface area contributed by atoms with Crippen LogP contribution in [0, 0.1) is 13.8 Å². The molecule has 0 bridgehead atoms. The van der Waals surface area contributed by atoms with Crippen molar-refractivity contribution >= 4 is 22.7 Å². The second kappa shape index (κ2) is 8.76. The molecule has 0 saturated carbocycles. The summed E-state index contributed by atoms with van der Waals surface area (Å²) < 4.78 is 0. The van der Waals surface area contributed by atoms with Crippen LogP contribution in [0.25, 0.3) is 10.6 Å². The highest BCUT2D eigenvalue weighted by Crippen LogP contribution is 2.33. The number of rotatable bonds is 6. The Morgan fingerprint density at radius 2 is 1.80 bits per heavy atom. The second-order valence-corrected chi connectivity index (χ2v) is 9.31. The zero-order valence-electron chi connectivity index (χ0n) is 18.1. The maximum atomic E-state index is 10.8. The molecule has 3 aromatic rings. The molecule has 4 rings (SSSR count). The van der Waals surface area contributed by atoms with Gasteiger partial charge in [0.2, 0.25) is 0 Å². The van der Waals surface area contributed by atoms with E-state index in [1.165, 1.54) is 29.0 Å². The number of aliphatic hydroxyl groups excluding tert-OH is 1. The van der Waals surface area contributed by atoms with Crippen molar-refractivity contribution in [2.24, 2.45) is 0 Å². The number of aromatic nitrogens is 1. The van der Waals surface area contributed by atoms with Crippen LogP contribution in [0.4, 0.5) is 11.4 Å². The van der Waals surface area contributed by atoms with Crippen molar-refractivity contribution in [1.82, 2.24) is 9.88 Å². The molecule has 0 spiro atoms. The standard InChI is InChI=1S/C24H30N4OS/c1-16-5-7-18(8-6-16)24-25-17(2)22(30-24)23(29)26-19-9-11-20(12-10-19)28-14-13-21(15-28)27(3)4/h5-12,21,23,26,29H,13-15H2,1-4H3. The van der Waals surface area contributed by atoms with Gasteiger partial charge in [-0.2, -0.15) is 0 Å². The Morgan fingerprint density at radius 1 is 1.10 bits per heavy atom. The summed E-state index contributed by atoms with van der Waals surface area (Å²) in [5, 5.41) is 14.9. The quantitative estimate of drug-likeness (QED) is 0.566. The molecule has 30 heavy (non-hydrogen) atoms. The van der Waals surface area contributed by atoms with Gasteiger partial charge in [-0.1, -0.05) is 29.8 Å². The highest BCUT2D eigenvalue weighted by molar-refractivity contribution is 7.15. The number of hydrogen-bond acceptors (Lipinski definition) is 6. The fourth-order valence-electron chi connectivity index (χ4n) is 3.87. The number of likely N-dealkylation sites (N-methyl/N-ethyl adjacent to an activating group) is 1. The molecule has 5 nitrogen and oxygen atoms in total. The Morgan fingerprint density at radius 3 is 2.43 bits per heavy atom. The Kier molecular flexibility index (Phi) is 6.09. The minimum atomic E-state index is -0.780. The van der Waals surface area contributed by atoms with Gasteiger partial charge in [-0.25, -0.2) is 4.98 Å². The van der Waals surface area contributed by atoms with Crippen LogP contribution in [0.3, 0.4) is 0 Å². The third kappa shape index (κ3) is 4.51. The highest BCUT2D eigenvalue weighted by Gasteiger charge is 2.24. The normalized spacial score (nSPS) is 17.5. The third-order valence-corrected chi connectivity index (χ3v) is 7.07. The summed E-state index contributed by atoms with van der Waals surface area (Å²) in [6.45, 7) is 6.17. The maximum Gasteiger partial charge on any atom is 0.162 e. The first-order chi connectivity index (χ1) is 14.4. The summed E-state index contributed by atoms with van der Waals surface area (Å²) in [4.78, 5) is 10.2. The summed E-state index contributed by atoms with van der Waals surface area (Å²) in [6, 6.07) is 17.3. The summed E-state index contributed by atoms with van der Waals surface area (Å²) in [5.74, 6) is 0. The number of anilines is 2. The molecular formula is C24H30N4OS. The van der Waals surface area contributed by atoms with Crippen molar-refractivity contribution in [1.29, 1.82) is 0 Å². The van der Waals surface area contributed by atoms with E-state index >= 15 is 0 Å². The van der Waals surface area contributed by atoms with Gasteiger partial charge in [-0.3, -0.25) is 0 Å². The van der Waals surface area contributed by atoms with Gasteiger partial charge in [-0.05, 0) is 58.6 Å². The van der Waals surface area contributed by atoms with Crippen LogP contribution in [0.1, 0.15) is 28.8 Å². The van der Waals surface area contributed by atoms with E-state index in [4.69, 9.17) is 0 Å². The lowest BCUT2D eigenvalue weighted by Crippen LogP contribution is -2.31. The zero-order valence-corrected chi connectivity index (χ0v) is 18.9. The molecule has 1 saturated heterocycles. The van der Waals surface area contributed by atoms with Gasteiger partial charge in [0.15, 0.2) is 6.23 Å². The minimum Gasteiger partial charge on any atom is -0.370 e. The molecule has 6 heteroatoms. The number of thiazole rings is 1. The molecule has 1 aliphatic rings. The lowest BCUT2D eigenvalue weighted by atomic mass is 10.2. The van der Waals surface area contributed by atoms with Gasteiger partial charge in [0.1, 0.15) is 5.01 Å². The number of aryl methyl sites for hydroxylation is 2. The number of nitrogens with zero attached hydrogens (tertiary/aromatic N) is 3. The first-order valence-electron chi connectivity index (χ1n) is 10.4. The number of benzene rings is 2. The van der Waals surface area contributed by atoms with Crippen LogP contribution in [-0.4, -0.2) is 48.2 Å². The van der Waals surface area contributed by atoms with Crippen molar-refractivity contribution in [2.75, 3.05) is 37.4 Å². The molecule has 1 aromatic heterocycles. The minimum absolute atomic E-state index is 0.613. The monoisotopic (exact) mass is 422 g/mol. The van der Waals surface area contributed by atoms with Crippen LogP contribution in [0.2, 0.25) is 0 Å². The van der Waals surface area contributed by atoms with Crippen LogP contribution < -0.4 is 10.2 Å². The summed E-state index contributed by atoms with van der Waals surface area (Å²) in [5.41, 5.74) is 5.30. The zero-order chi connectivity index (χ0) is 21.3. The first-order valence-corrected chi connectivity index (χ1v) is 11.2. The van der Waals surface area contributed by atoms with Crippen molar-refractivity contribution in [3.05, 3.63) is 64.7 Å². The van der Waals surface area contributed by atoms with Crippen molar-refractivity contribution in [2.45, 2.75) is 32.5 Å². The van der Waals surface area contributed by atoms with E-state index in [1.807, 2.05) is 19.1 Å². The van der Waals surface area contributed by atoms with Crippen molar-refractivity contribution < 1.29 is 5.11 Å². The Bertz CT molecular complexity index is 981. The van der Waals surface area contributed by atoms with Gasteiger partial charge in [0.25, 0.3) is 0 Å². The Labute approximate surface area is 183 Å². The molecule has 1 fully saturated rings. The largest absolute Gasteiger partial charge is 0.370 e. The van der Waals surface area contributed by atoms with Crippen LogP contribution in [0.5, 0.6) is 0 Å². The molecule has 2 unspecified atom stereocenters. The second-order valence-electron chi connectivity index (χ2n) is 8.28. The van der Waals surface area contributed by atoms with E-state index < -0.39 is 6.23 Å². The van der Waals surface area contributed by atoms with Crippen LogP contribution in [-0.2, 0) is 0 Å². The number of aliphatic hydroxyl groups is 1. The van der Waals surface area contributed by atoms with E-state index in [2.05, 4.69) is 77.5 Å². The van der Waals surface area contributed by atoms with Gasteiger partial charge >= 0.3 is 0 Å². The fourth-order valence-corrected chi connectivity index (χ4v) is 4.88. The Hall–Kier alpha value is -2.41. The van der Waals surface area contributed by atoms with Crippen LogP contribution >= 0.6 is 11.3 Å². The number of nitrogens with one attached hydrogen (secondary N) is 1. The SMILES string of the molecule is Cc1ccc(-c2nc(C)c(C(O)Nc3ccc(N4CCC(N(C)C)C4)cc3)s2)cc1. The molecule has 0 amide bonds. The lowest BCUT2D eigenvalue weighted by molar-refractivity contribution is 0.211. The van der Waals surface area contributed by atoms with Crippen LogP contribution in [0.15, 0.2) is 48.5 Å². The summed E-state index contributed by atoms with van der Waals surface area (Å²) in [6.07, 6.45) is 0.414. The lowest BCUT2D eigenvalue weighted by Gasteiger charge is -2.22. The van der Waals surface area contributed by atoms with Gasteiger partial charge in [-0.15, -0.1) is 11.3 Å². The van der Waals surface area contributed by atoms with E-state index in [9.17, 15) is 5.11 Å². The van der Waals surface area contributed by atoms with Gasteiger partial charge in [0.05, 0.1) is 10.6 Å². The predicted octanol–water partition coefficient (Wildman–Crippen LogP) is 4.67. The molecule has 0 radical (unpaired) electrons. The summed E-state index contributed by atoms with van der Waals surface area (Å²) in [7, 11) is 4.29. The van der Waals surface area contributed by atoms with E-state index in [0.29, 0.717) is 6.04 Å². The first kappa shape index (κ1) is 20.8. The van der Waals surface area contributed by atoms with Gasteiger partial charge in [0, 0.05) is 36.1 Å². The van der Waals surface area contributed by atoms with E-state index in [1.54, 1.807) is 0 Å².